The Hall–Kier alpha value is -1.02. The Balaban J connectivity index is 3.90. The van der Waals surface area contributed by atoms with E-state index < -0.39 is 20.0 Å². The number of aliphatic hydroxyl groups excluding tert-OH is 1. The third kappa shape index (κ3) is 74.2. The van der Waals surface area contributed by atoms with E-state index in [1.807, 2.05) is 27.2 Å². The third-order valence-corrected chi connectivity index (χ3v) is 19.9. The minimum Gasteiger partial charge on any atom is -0.387 e. The molecule has 0 aromatic rings. The van der Waals surface area contributed by atoms with E-state index in [-0.39, 0.29) is 19.1 Å². The number of hydrogen-bond donors (Lipinski definition) is 3. The number of nitrogens with zero attached hydrogens (tertiary/aromatic N) is 1. The molecule has 0 aliphatic heterocycles. The van der Waals surface area contributed by atoms with E-state index in [1.165, 1.54) is 372 Å². The monoisotopic (exact) mass is 1280 g/mol. The number of phosphoric ester groups is 1. The maximum atomic E-state index is 13.1. The lowest BCUT2D eigenvalue weighted by Gasteiger charge is -2.25. The van der Waals surface area contributed by atoms with Crippen LogP contribution in [0.3, 0.4) is 0 Å². The molecule has 530 valence electrons. The molecule has 0 fully saturated rings. The van der Waals surface area contributed by atoms with Crippen molar-refractivity contribution in [3.63, 3.8) is 0 Å². The molecule has 0 bridgehead atoms. The number of rotatable bonds is 76. The minimum atomic E-state index is -4.36. The van der Waals surface area contributed by atoms with Crippen molar-refractivity contribution in [1.82, 2.24) is 5.32 Å². The minimum absolute atomic E-state index is 0.0592. The highest BCUT2D eigenvalue weighted by Gasteiger charge is 2.28. The zero-order chi connectivity index (χ0) is 64.8. The predicted molar refractivity (Wildman–Crippen MR) is 392 cm³/mol. The number of amides is 1. The smallest absolute Gasteiger partial charge is 0.387 e. The summed E-state index contributed by atoms with van der Waals surface area (Å²) in [6.07, 6.45) is 95.4. The molecule has 0 radical (unpaired) electrons. The Morgan fingerprint density at radius 3 is 0.899 bits per heavy atom. The highest BCUT2D eigenvalue weighted by molar-refractivity contribution is 7.47. The van der Waals surface area contributed by atoms with Crippen LogP contribution in [0.4, 0.5) is 0 Å². The first-order valence-electron chi connectivity index (χ1n) is 40.2. The highest BCUT2D eigenvalue weighted by atomic mass is 31.2. The van der Waals surface area contributed by atoms with Gasteiger partial charge in [0.2, 0.25) is 5.91 Å². The summed E-state index contributed by atoms with van der Waals surface area (Å²) in [5.74, 6) is -0.176. The van der Waals surface area contributed by atoms with Gasteiger partial charge >= 0.3 is 7.82 Å². The molecule has 0 saturated carbocycles. The summed E-state index contributed by atoms with van der Waals surface area (Å²) in [5.41, 5.74) is 0. The van der Waals surface area contributed by atoms with Crippen LogP contribution in [-0.4, -0.2) is 73.4 Å². The normalized spacial score (nSPS) is 13.6. The SMILES string of the molecule is CCCCCCCCCCCCCCCCCCCCCC/C=C/CC/C=C/C(O)C(COP(=O)(O)OCC[N+](C)(C)C)NC(=O)CCCCCCCCCCCCCCCCCCCCCCCCCCCCCCCCCCCCCCCCCCC. The molecular formula is C80H160N2O6P+. The van der Waals surface area contributed by atoms with Gasteiger partial charge in [0.05, 0.1) is 39.9 Å². The van der Waals surface area contributed by atoms with Crippen molar-refractivity contribution in [1.29, 1.82) is 0 Å². The summed E-state index contributed by atoms with van der Waals surface area (Å²) in [5, 5.41) is 14.0. The first-order valence-corrected chi connectivity index (χ1v) is 41.7. The lowest BCUT2D eigenvalue weighted by molar-refractivity contribution is -0.870. The van der Waals surface area contributed by atoms with Gasteiger partial charge in [-0.25, -0.2) is 4.57 Å². The van der Waals surface area contributed by atoms with Crippen LogP contribution in [0.25, 0.3) is 0 Å². The van der Waals surface area contributed by atoms with E-state index >= 15 is 0 Å². The largest absolute Gasteiger partial charge is 0.472 e. The summed E-state index contributed by atoms with van der Waals surface area (Å²) in [4.78, 5) is 23.5. The number of hydrogen-bond acceptors (Lipinski definition) is 5. The number of likely N-dealkylation sites (N-methyl/N-ethyl adjacent to an activating group) is 1. The van der Waals surface area contributed by atoms with Gasteiger partial charge < -0.3 is 19.8 Å². The molecule has 0 aliphatic rings. The average molecular weight is 1280 g/mol. The molecule has 89 heavy (non-hydrogen) atoms. The van der Waals surface area contributed by atoms with Crippen LogP contribution in [0.15, 0.2) is 24.3 Å². The summed E-state index contributed by atoms with van der Waals surface area (Å²) in [7, 11) is 1.58. The van der Waals surface area contributed by atoms with Crippen LogP contribution in [-0.2, 0) is 18.4 Å². The molecule has 3 atom stereocenters. The zero-order valence-electron chi connectivity index (χ0n) is 61.0. The van der Waals surface area contributed by atoms with Gasteiger partial charge in [-0.05, 0) is 32.1 Å². The van der Waals surface area contributed by atoms with Crippen molar-refractivity contribution in [2.24, 2.45) is 0 Å². The van der Waals surface area contributed by atoms with Gasteiger partial charge in [0.1, 0.15) is 13.2 Å². The molecule has 0 aromatic carbocycles. The molecule has 1 amide bonds. The van der Waals surface area contributed by atoms with Crippen molar-refractivity contribution in [2.75, 3.05) is 40.9 Å². The van der Waals surface area contributed by atoms with Crippen molar-refractivity contribution >= 4 is 13.7 Å². The van der Waals surface area contributed by atoms with Gasteiger partial charge in [-0.15, -0.1) is 0 Å². The van der Waals surface area contributed by atoms with Crippen LogP contribution in [0.2, 0.25) is 0 Å². The Kier molecular flexibility index (Phi) is 70.5. The van der Waals surface area contributed by atoms with Gasteiger partial charge in [0.15, 0.2) is 0 Å². The lowest BCUT2D eigenvalue weighted by Crippen LogP contribution is -2.45. The molecule has 0 rings (SSSR count). The Morgan fingerprint density at radius 1 is 0.371 bits per heavy atom. The highest BCUT2D eigenvalue weighted by Crippen LogP contribution is 2.43. The van der Waals surface area contributed by atoms with Gasteiger partial charge in [0, 0.05) is 6.42 Å². The third-order valence-electron chi connectivity index (χ3n) is 18.9. The Morgan fingerprint density at radius 2 is 0.618 bits per heavy atom. The molecule has 0 heterocycles. The fourth-order valence-electron chi connectivity index (χ4n) is 12.7. The number of quaternary nitrogens is 1. The number of allylic oxidation sites excluding steroid dienone is 3. The Bertz CT molecular complexity index is 1500. The van der Waals surface area contributed by atoms with E-state index in [9.17, 15) is 19.4 Å². The molecule has 0 spiro atoms. The average Bonchev–Trinajstić information content (AvgIpc) is 3.64. The second-order valence-electron chi connectivity index (χ2n) is 29.2. The summed E-state index contributed by atoms with van der Waals surface area (Å²) >= 11 is 0. The molecule has 3 N–H and O–H groups in total. The van der Waals surface area contributed by atoms with E-state index in [0.29, 0.717) is 17.4 Å². The van der Waals surface area contributed by atoms with Crippen LogP contribution in [0.5, 0.6) is 0 Å². The van der Waals surface area contributed by atoms with Crippen LogP contribution >= 0.6 is 7.82 Å². The molecule has 3 unspecified atom stereocenters. The van der Waals surface area contributed by atoms with Crippen molar-refractivity contribution in [3.05, 3.63) is 24.3 Å². The van der Waals surface area contributed by atoms with Gasteiger partial charge in [-0.2, -0.15) is 0 Å². The van der Waals surface area contributed by atoms with Crippen molar-refractivity contribution in [3.8, 4) is 0 Å². The first kappa shape index (κ1) is 88.0. The molecule has 9 heteroatoms. The lowest BCUT2D eigenvalue weighted by atomic mass is 10.0. The van der Waals surface area contributed by atoms with E-state index in [2.05, 4.69) is 31.3 Å². The number of nitrogens with one attached hydrogen (secondary N) is 1. The quantitative estimate of drug-likeness (QED) is 0.0243. The number of carbonyl (C=O) groups is 1. The van der Waals surface area contributed by atoms with E-state index in [4.69, 9.17) is 9.05 Å². The fourth-order valence-corrected chi connectivity index (χ4v) is 13.5. The van der Waals surface area contributed by atoms with Gasteiger partial charge in [-0.1, -0.05) is 417 Å². The topological polar surface area (TPSA) is 105 Å². The second kappa shape index (κ2) is 71.3. The maximum absolute atomic E-state index is 13.1. The van der Waals surface area contributed by atoms with Crippen LogP contribution in [0.1, 0.15) is 431 Å². The molecule has 0 saturated heterocycles. The van der Waals surface area contributed by atoms with Crippen LogP contribution in [0, 0.1) is 0 Å². The number of aliphatic hydroxyl groups is 1. The van der Waals surface area contributed by atoms with E-state index in [1.54, 1.807) is 6.08 Å². The fraction of sp³-hybridized carbons (Fsp3) is 0.938. The van der Waals surface area contributed by atoms with Crippen molar-refractivity contribution < 1.29 is 32.9 Å². The second-order valence-corrected chi connectivity index (χ2v) is 30.6. The van der Waals surface area contributed by atoms with Crippen LogP contribution < -0.4 is 5.32 Å². The predicted octanol–water partition coefficient (Wildman–Crippen LogP) is 26.2. The summed E-state index contributed by atoms with van der Waals surface area (Å²) in [6.45, 7) is 4.87. The Labute approximate surface area is 557 Å². The first-order chi connectivity index (χ1) is 43.5. The van der Waals surface area contributed by atoms with E-state index in [0.717, 1.165) is 38.5 Å². The van der Waals surface area contributed by atoms with Crippen molar-refractivity contribution in [2.45, 2.75) is 443 Å². The summed E-state index contributed by atoms with van der Waals surface area (Å²) in [6, 6.07) is -0.862. The molecule has 0 aliphatic carbocycles. The molecule has 8 nitrogen and oxygen atoms in total. The molecule has 0 aromatic heterocycles. The summed E-state index contributed by atoms with van der Waals surface area (Å²) < 4.78 is 23.9. The maximum Gasteiger partial charge on any atom is 0.472 e. The number of carbonyl (C=O) groups excluding carboxylic acids is 1. The molecular weight excluding hydrogens is 1120 g/mol. The van der Waals surface area contributed by atoms with Gasteiger partial charge in [0.25, 0.3) is 0 Å². The zero-order valence-corrected chi connectivity index (χ0v) is 61.9. The number of phosphoric acid groups is 1. The number of unbranched alkanes of at least 4 members (excludes halogenated alkanes) is 61. The van der Waals surface area contributed by atoms with Gasteiger partial charge in [-0.3, -0.25) is 13.8 Å². The standard InChI is InChI=1S/C80H159N2O6P/c1-6-8-10-12-14-16-18-20-22-24-26-28-30-32-34-35-36-37-38-39-40-41-42-43-44-45-46-47-48-50-52-54-56-58-60-62-64-66-68-70-72-74-80(84)81-78(77-88-89(85,86)87-76-75-82(3,4)5)79(83)73-71-69-67-65-63-61-59-57-55-53-51-49-33-31-29-27-25-23-21-19-17-15-13-11-9-7-2/h63,65,71,73,78-79,83H,6-62,64,66-70,72,74-77H2,1-5H3,(H-,81,84,85,86)/p+1/b65-63+,73-71+.